The van der Waals surface area contributed by atoms with E-state index in [2.05, 4.69) is 4.74 Å². The first-order valence-corrected chi connectivity index (χ1v) is 7.03. The van der Waals surface area contributed by atoms with Gasteiger partial charge in [0.25, 0.3) is 0 Å². The van der Waals surface area contributed by atoms with Gasteiger partial charge in [0.1, 0.15) is 10.6 Å². The number of β-amino-alcohol motifs (C(OH)–C–C–N with tert-alkyl or cyclic N) is 1. The van der Waals surface area contributed by atoms with Gasteiger partial charge >= 0.3 is 6.36 Å². The van der Waals surface area contributed by atoms with Gasteiger partial charge in [-0.25, -0.2) is 8.42 Å². The molecule has 0 spiro atoms. The summed E-state index contributed by atoms with van der Waals surface area (Å²) < 4.78 is 65.7. The van der Waals surface area contributed by atoms with Crippen LogP contribution in [0.15, 0.2) is 29.2 Å². The van der Waals surface area contributed by atoms with Gasteiger partial charge in [-0.05, 0) is 19.1 Å². The Hall–Kier alpha value is -1.32. The summed E-state index contributed by atoms with van der Waals surface area (Å²) in [6.07, 6.45) is -4.98. The molecule has 1 aromatic carbocycles. The van der Waals surface area contributed by atoms with Gasteiger partial charge in [0.2, 0.25) is 10.0 Å². The molecule has 1 aliphatic heterocycles. The Morgan fingerprint density at radius 1 is 1.30 bits per heavy atom. The average Bonchev–Trinajstić information content (AvgIpc) is 2.24. The van der Waals surface area contributed by atoms with Crippen LogP contribution >= 0.6 is 0 Å². The normalized spacial score (nSPS) is 19.4. The number of nitrogens with zero attached hydrogens (tertiary/aromatic N) is 1. The van der Waals surface area contributed by atoms with Gasteiger partial charge in [0.05, 0.1) is 5.60 Å². The third-order valence-corrected chi connectivity index (χ3v) is 4.56. The van der Waals surface area contributed by atoms with Crippen molar-refractivity contribution in [3.05, 3.63) is 24.3 Å². The van der Waals surface area contributed by atoms with Crippen LogP contribution in [0, 0.1) is 0 Å². The second kappa shape index (κ2) is 4.61. The molecule has 0 radical (unpaired) electrons. The van der Waals surface area contributed by atoms with Gasteiger partial charge in [0.15, 0.2) is 0 Å². The maximum atomic E-state index is 12.3. The Bertz CT molecular complexity index is 604. The number of hydrogen-bond donors (Lipinski definition) is 1. The topological polar surface area (TPSA) is 66.8 Å². The summed E-state index contributed by atoms with van der Waals surface area (Å²) in [6, 6.07) is 4.50. The molecule has 0 unspecified atom stereocenters. The minimum Gasteiger partial charge on any atom is -0.404 e. The molecule has 2 rings (SSSR count). The van der Waals surface area contributed by atoms with Crippen LogP contribution in [0.2, 0.25) is 0 Å². The van der Waals surface area contributed by atoms with Crippen LogP contribution < -0.4 is 4.74 Å². The van der Waals surface area contributed by atoms with Crippen LogP contribution in [0.4, 0.5) is 13.2 Å². The standard InChI is InChI=1S/C11H12F3NO4S/c1-10(16)6-15(7-10)20(17,18)9-5-3-2-4-8(9)19-11(12,13)14/h2-5,16H,6-7H2,1H3. The summed E-state index contributed by atoms with van der Waals surface area (Å²) >= 11 is 0. The molecule has 5 nitrogen and oxygen atoms in total. The fourth-order valence-electron chi connectivity index (χ4n) is 1.89. The number of para-hydroxylation sites is 1. The molecule has 9 heteroatoms. The summed E-state index contributed by atoms with van der Waals surface area (Å²) in [5, 5.41) is 9.53. The minimum absolute atomic E-state index is 0.171. The molecule has 0 saturated carbocycles. The summed E-state index contributed by atoms with van der Waals surface area (Å²) in [4.78, 5) is -0.576. The van der Waals surface area contributed by atoms with Crippen molar-refractivity contribution < 1.29 is 31.4 Å². The van der Waals surface area contributed by atoms with E-state index < -0.39 is 32.6 Å². The van der Waals surface area contributed by atoms with Gasteiger partial charge in [0, 0.05) is 13.1 Å². The first kappa shape index (κ1) is 15.1. The number of sulfonamides is 1. The Morgan fingerprint density at radius 2 is 1.85 bits per heavy atom. The average molecular weight is 311 g/mol. The number of halogens is 3. The summed E-state index contributed by atoms with van der Waals surface area (Å²) in [6.45, 7) is 1.10. The van der Waals surface area contributed by atoms with E-state index in [1.54, 1.807) is 0 Å². The number of alkyl halides is 3. The Labute approximate surface area is 113 Å². The number of benzene rings is 1. The van der Waals surface area contributed by atoms with E-state index in [1.807, 2.05) is 0 Å². The highest BCUT2D eigenvalue weighted by Crippen LogP contribution is 2.34. The van der Waals surface area contributed by atoms with Gasteiger partial charge in [-0.2, -0.15) is 4.31 Å². The van der Waals surface area contributed by atoms with Crippen molar-refractivity contribution in [1.82, 2.24) is 4.31 Å². The lowest BCUT2D eigenvalue weighted by molar-refractivity contribution is -0.275. The van der Waals surface area contributed by atoms with E-state index in [0.29, 0.717) is 0 Å². The van der Waals surface area contributed by atoms with Crippen molar-refractivity contribution in [3.8, 4) is 5.75 Å². The first-order chi connectivity index (χ1) is 9.01. The largest absolute Gasteiger partial charge is 0.573 e. The van der Waals surface area contributed by atoms with E-state index in [9.17, 15) is 26.7 Å². The molecule has 0 aromatic heterocycles. The van der Waals surface area contributed by atoms with Gasteiger partial charge in [-0.1, -0.05) is 12.1 Å². The van der Waals surface area contributed by atoms with Crippen molar-refractivity contribution in [2.45, 2.75) is 23.8 Å². The maximum Gasteiger partial charge on any atom is 0.573 e. The summed E-state index contributed by atoms with van der Waals surface area (Å²) in [7, 11) is -4.13. The zero-order chi connectivity index (χ0) is 15.2. The molecule has 1 heterocycles. The molecule has 0 aliphatic carbocycles. The van der Waals surface area contributed by atoms with Gasteiger partial charge in [-0.3, -0.25) is 0 Å². The number of hydrogen-bond acceptors (Lipinski definition) is 4. The predicted octanol–water partition coefficient (Wildman–Crippen LogP) is 1.34. The highest BCUT2D eigenvalue weighted by molar-refractivity contribution is 7.89. The van der Waals surface area contributed by atoms with E-state index in [0.717, 1.165) is 16.4 Å². The van der Waals surface area contributed by atoms with Crippen LogP contribution in [-0.4, -0.2) is 42.9 Å². The van der Waals surface area contributed by atoms with E-state index >= 15 is 0 Å². The second-order valence-electron chi connectivity index (χ2n) is 4.76. The molecule has 0 bridgehead atoms. The molecule has 1 saturated heterocycles. The lowest BCUT2D eigenvalue weighted by atomic mass is 10.0. The second-order valence-corrected chi connectivity index (χ2v) is 6.67. The molecule has 1 aromatic rings. The minimum atomic E-state index is -4.98. The molecule has 20 heavy (non-hydrogen) atoms. The van der Waals surface area contributed by atoms with Crippen molar-refractivity contribution in [2.24, 2.45) is 0 Å². The smallest absolute Gasteiger partial charge is 0.404 e. The van der Waals surface area contributed by atoms with Gasteiger partial charge < -0.3 is 9.84 Å². The Balaban J connectivity index is 2.33. The molecule has 0 atom stereocenters. The number of rotatable bonds is 3. The molecule has 1 N–H and O–H groups in total. The van der Waals surface area contributed by atoms with Crippen LogP contribution in [0.3, 0.4) is 0 Å². The monoisotopic (exact) mass is 311 g/mol. The van der Waals surface area contributed by atoms with E-state index in [1.165, 1.54) is 19.1 Å². The van der Waals surface area contributed by atoms with E-state index in [-0.39, 0.29) is 13.1 Å². The van der Waals surface area contributed by atoms with Crippen LogP contribution in [0.25, 0.3) is 0 Å². The lowest BCUT2D eigenvalue weighted by Crippen LogP contribution is -2.61. The summed E-state index contributed by atoms with van der Waals surface area (Å²) in [5.74, 6) is -0.786. The van der Waals surface area contributed by atoms with Crippen LogP contribution in [0.5, 0.6) is 5.75 Å². The molecule has 0 amide bonds. The lowest BCUT2D eigenvalue weighted by Gasteiger charge is -2.42. The molecule has 1 fully saturated rings. The quantitative estimate of drug-likeness (QED) is 0.915. The fourth-order valence-corrected chi connectivity index (χ4v) is 3.68. The third-order valence-electron chi connectivity index (χ3n) is 2.73. The zero-order valence-corrected chi connectivity index (χ0v) is 11.2. The van der Waals surface area contributed by atoms with Crippen molar-refractivity contribution in [2.75, 3.05) is 13.1 Å². The SMILES string of the molecule is CC1(O)CN(S(=O)(=O)c2ccccc2OC(F)(F)F)C1. The molecule has 112 valence electrons. The molecular formula is C11H12F3NO4S. The highest BCUT2D eigenvalue weighted by Gasteiger charge is 2.45. The van der Waals surface area contributed by atoms with Crippen LogP contribution in [-0.2, 0) is 10.0 Å². The first-order valence-electron chi connectivity index (χ1n) is 5.59. The third kappa shape index (κ3) is 3.05. The van der Waals surface area contributed by atoms with Gasteiger partial charge in [-0.15, -0.1) is 13.2 Å². The van der Waals surface area contributed by atoms with Crippen LogP contribution in [0.1, 0.15) is 6.92 Å². The number of ether oxygens (including phenoxy) is 1. The zero-order valence-electron chi connectivity index (χ0n) is 10.4. The molecule has 1 aliphatic rings. The summed E-state index contributed by atoms with van der Waals surface area (Å²) in [5.41, 5.74) is -1.16. The Morgan fingerprint density at radius 3 is 2.35 bits per heavy atom. The Kier molecular flexibility index (Phi) is 3.47. The van der Waals surface area contributed by atoms with Crippen molar-refractivity contribution >= 4 is 10.0 Å². The number of aliphatic hydroxyl groups is 1. The predicted molar refractivity (Wildman–Crippen MR) is 62.5 cm³/mol. The maximum absolute atomic E-state index is 12.3. The molecular weight excluding hydrogens is 299 g/mol. The van der Waals surface area contributed by atoms with Crippen molar-refractivity contribution in [1.29, 1.82) is 0 Å². The fraction of sp³-hybridized carbons (Fsp3) is 0.455. The highest BCUT2D eigenvalue weighted by atomic mass is 32.2. The van der Waals surface area contributed by atoms with E-state index in [4.69, 9.17) is 0 Å². The van der Waals surface area contributed by atoms with Crippen molar-refractivity contribution in [3.63, 3.8) is 0 Å².